The third-order valence-corrected chi connectivity index (χ3v) is 5.33. The van der Waals surface area contributed by atoms with Crippen LogP contribution in [0.25, 0.3) is 11.0 Å². The number of hydrogen-bond acceptors (Lipinski definition) is 3. The Bertz CT molecular complexity index is 591. The summed E-state index contributed by atoms with van der Waals surface area (Å²) < 4.78 is 2.04. The molecule has 0 bridgehead atoms. The van der Waals surface area contributed by atoms with Crippen molar-refractivity contribution in [2.75, 3.05) is 11.5 Å². The molecule has 0 radical (unpaired) electrons. The van der Waals surface area contributed by atoms with E-state index in [1.165, 1.54) is 18.6 Å². The molecule has 3 nitrogen and oxygen atoms in total. The molecule has 0 aliphatic carbocycles. The Kier molecular flexibility index (Phi) is 3.34. The van der Waals surface area contributed by atoms with Crippen molar-refractivity contribution in [1.82, 2.24) is 9.55 Å². The van der Waals surface area contributed by atoms with Crippen molar-refractivity contribution in [3.8, 4) is 0 Å². The first-order chi connectivity index (χ1) is 8.65. The number of nitrogen functional groups attached to an aromatic ring is 1. The maximum atomic E-state index is 6.07. The molecular weight excluding hydrogens is 289 g/mol. The van der Waals surface area contributed by atoms with Gasteiger partial charge in [-0.15, -0.1) is 0 Å². The SMILES string of the molecule is Nc1nc2cc(Cl)c(Cl)cc2n1CC1CCCS1. The number of hydrogen-bond donors (Lipinski definition) is 1. The molecule has 2 aromatic rings. The minimum atomic E-state index is 0.518. The zero-order chi connectivity index (χ0) is 12.7. The van der Waals surface area contributed by atoms with Gasteiger partial charge in [-0.25, -0.2) is 4.98 Å². The zero-order valence-corrected chi connectivity index (χ0v) is 12.0. The predicted molar refractivity (Wildman–Crippen MR) is 79.6 cm³/mol. The normalized spacial score (nSPS) is 19.8. The van der Waals surface area contributed by atoms with Crippen molar-refractivity contribution in [3.05, 3.63) is 22.2 Å². The Morgan fingerprint density at radius 1 is 1.39 bits per heavy atom. The van der Waals surface area contributed by atoms with Gasteiger partial charge >= 0.3 is 0 Å². The van der Waals surface area contributed by atoms with Gasteiger partial charge in [0.15, 0.2) is 0 Å². The largest absolute Gasteiger partial charge is 0.369 e. The van der Waals surface area contributed by atoms with Gasteiger partial charge in [-0.3, -0.25) is 0 Å². The molecule has 1 aromatic heterocycles. The zero-order valence-electron chi connectivity index (χ0n) is 9.70. The van der Waals surface area contributed by atoms with Crippen molar-refractivity contribution in [3.63, 3.8) is 0 Å². The van der Waals surface area contributed by atoms with Crippen LogP contribution in [0, 0.1) is 0 Å². The van der Waals surface area contributed by atoms with Crippen LogP contribution in [0.15, 0.2) is 12.1 Å². The van der Waals surface area contributed by atoms with Crippen molar-refractivity contribution in [2.24, 2.45) is 0 Å². The number of fused-ring (bicyclic) bond motifs is 1. The Labute approximate surface area is 120 Å². The summed E-state index contributed by atoms with van der Waals surface area (Å²) in [6.45, 7) is 0.894. The van der Waals surface area contributed by atoms with Crippen LogP contribution < -0.4 is 5.73 Å². The molecule has 0 amide bonds. The average Bonchev–Trinajstić information content (AvgIpc) is 2.92. The van der Waals surface area contributed by atoms with Crippen molar-refractivity contribution in [2.45, 2.75) is 24.6 Å². The van der Waals surface area contributed by atoms with Crippen molar-refractivity contribution in [1.29, 1.82) is 0 Å². The monoisotopic (exact) mass is 301 g/mol. The van der Waals surface area contributed by atoms with Crippen LogP contribution in [-0.2, 0) is 6.54 Å². The lowest BCUT2D eigenvalue weighted by atomic mass is 10.2. The highest BCUT2D eigenvalue weighted by Gasteiger charge is 2.19. The molecule has 1 aromatic carbocycles. The summed E-state index contributed by atoms with van der Waals surface area (Å²) in [6, 6.07) is 3.62. The van der Waals surface area contributed by atoms with E-state index < -0.39 is 0 Å². The van der Waals surface area contributed by atoms with Gasteiger partial charge < -0.3 is 10.3 Å². The Morgan fingerprint density at radius 2 is 2.17 bits per heavy atom. The lowest BCUT2D eigenvalue weighted by Gasteiger charge is -2.11. The van der Waals surface area contributed by atoms with Gasteiger partial charge in [0.05, 0.1) is 21.1 Å². The predicted octanol–water partition coefficient (Wildman–Crippen LogP) is 3.82. The standard InChI is InChI=1S/C12H13Cl2N3S/c13-8-4-10-11(5-9(8)14)17(12(15)16-10)6-7-2-1-3-18-7/h4-5,7H,1-3,6H2,(H2,15,16). The summed E-state index contributed by atoms with van der Waals surface area (Å²) in [6.07, 6.45) is 2.53. The molecule has 1 atom stereocenters. The summed E-state index contributed by atoms with van der Waals surface area (Å²) in [5.74, 6) is 1.78. The number of nitrogens with two attached hydrogens (primary N) is 1. The van der Waals surface area contributed by atoms with E-state index in [4.69, 9.17) is 28.9 Å². The van der Waals surface area contributed by atoms with Gasteiger partial charge in [-0.05, 0) is 30.7 Å². The van der Waals surface area contributed by atoms with Crippen molar-refractivity contribution < 1.29 is 0 Å². The number of halogens is 2. The van der Waals surface area contributed by atoms with E-state index in [-0.39, 0.29) is 0 Å². The van der Waals surface area contributed by atoms with Crippen LogP contribution in [-0.4, -0.2) is 20.6 Å². The van der Waals surface area contributed by atoms with Crippen LogP contribution in [0.1, 0.15) is 12.8 Å². The van der Waals surface area contributed by atoms with Gasteiger partial charge in [0.2, 0.25) is 5.95 Å². The van der Waals surface area contributed by atoms with Crippen LogP contribution in [0.5, 0.6) is 0 Å². The quantitative estimate of drug-likeness (QED) is 0.917. The number of thioether (sulfide) groups is 1. The molecule has 1 aliphatic heterocycles. The first-order valence-corrected chi connectivity index (χ1v) is 7.68. The first-order valence-electron chi connectivity index (χ1n) is 5.87. The van der Waals surface area contributed by atoms with Gasteiger partial charge in [0.1, 0.15) is 0 Å². The van der Waals surface area contributed by atoms with E-state index in [1.54, 1.807) is 6.07 Å². The van der Waals surface area contributed by atoms with Crippen LogP contribution in [0.2, 0.25) is 10.0 Å². The van der Waals surface area contributed by atoms with E-state index in [9.17, 15) is 0 Å². The molecule has 0 spiro atoms. The van der Waals surface area contributed by atoms with Gasteiger partial charge in [0, 0.05) is 11.8 Å². The third-order valence-electron chi connectivity index (χ3n) is 3.23. The summed E-state index contributed by atoms with van der Waals surface area (Å²) in [4.78, 5) is 4.35. The smallest absolute Gasteiger partial charge is 0.201 e. The van der Waals surface area contributed by atoms with E-state index >= 15 is 0 Å². The highest BCUT2D eigenvalue weighted by Crippen LogP contribution is 2.32. The molecule has 1 saturated heterocycles. The number of imidazole rings is 1. The van der Waals surface area contributed by atoms with Crippen molar-refractivity contribution >= 4 is 51.9 Å². The van der Waals surface area contributed by atoms with Crippen LogP contribution >= 0.6 is 35.0 Å². The highest BCUT2D eigenvalue weighted by molar-refractivity contribution is 8.00. The molecule has 3 rings (SSSR count). The van der Waals surface area contributed by atoms with Gasteiger partial charge in [-0.2, -0.15) is 11.8 Å². The molecule has 6 heteroatoms. The van der Waals surface area contributed by atoms with Crippen LogP contribution in [0.4, 0.5) is 5.95 Å². The minimum absolute atomic E-state index is 0.518. The molecule has 0 saturated carbocycles. The van der Waals surface area contributed by atoms with Gasteiger partial charge in [-0.1, -0.05) is 23.2 Å². The van der Waals surface area contributed by atoms with E-state index in [2.05, 4.69) is 4.98 Å². The summed E-state index contributed by atoms with van der Waals surface area (Å²) in [7, 11) is 0. The fraction of sp³-hybridized carbons (Fsp3) is 0.417. The fourth-order valence-corrected chi connectivity index (χ4v) is 3.89. The fourth-order valence-electron chi connectivity index (χ4n) is 2.32. The number of anilines is 1. The Balaban J connectivity index is 2.04. The molecule has 96 valence electrons. The number of aromatic nitrogens is 2. The second-order valence-electron chi connectivity index (χ2n) is 4.47. The van der Waals surface area contributed by atoms with Crippen LogP contribution in [0.3, 0.4) is 0 Å². The summed E-state index contributed by atoms with van der Waals surface area (Å²) in [5.41, 5.74) is 7.77. The number of nitrogens with zero attached hydrogens (tertiary/aromatic N) is 2. The van der Waals surface area contributed by atoms with Gasteiger partial charge in [0.25, 0.3) is 0 Å². The molecule has 1 unspecified atom stereocenters. The lowest BCUT2D eigenvalue weighted by molar-refractivity contribution is 0.658. The summed E-state index contributed by atoms with van der Waals surface area (Å²) >= 11 is 14.1. The number of rotatable bonds is 2. The molecular formula is C12H13Cl2N3S. The Morgan fingerprint density at radius 3 is 2.89 bits per heavy atom. The van der Waals surface area contributed by atoms with E-state index in [0.29, 0.717) is 21.2 Å². The highest BCUT2D eigenvalue weighted by atomic mass is 35.5. The first kappa shape index (κ1) is 12.5. The molecule has 1 fully saturated rings. The maximum absolute atomic E-state index is 6.07. The summed E-state index contributed by atoms with van der Waals surface area (Å²) in [5, 5.41) is 1.69. The number of benzene rings is 1. The topological polar surface area (TPSA) is 43.8 Å². The average molecular weight is 302 g/mol. The minimum Gasteiger partial charge on any atom is -0.369 e. The molecule has 2 N–H and O–H groups in total. The molecule has 18 heavy (non-hydrogen) atoms. The second-order valence-corrected chi connectivity index (χ2v) is 6.69. The molecule has 2 heterocycles. The second kappa shape index (κ2) is 4.83. The Hall–Kier alpha value is -0.580. The van der Waals surface area contributed by atoms with E-state index in [0.717, 1.165) is 17.6 Å². The van der Waals surface area contributed by atoms with E-state index in [1.807, 2.05) is 22.4 Å². The third kappa shape index (κ3) is 2.17. The maximum Gasteiger partial charge on any atom is 0.201 e. The lowest BCUT2D eigenvalue weighted by Crippen LogP contribution is -2.12. The molecule has 1 aliphatic rings.